The number of thioether (sulfide) groups is 1. The van der Waals surface area contributed by atoms with Crippen LogP contribution in [0.5, 0.6) is 0 Å². The zero-order valence-electron chi connectivity index (χ0n) is 7.94. The third-order valence-corrected chi connectivity index (χ3v) is 5.56. The molecule has 4 heteroatoms. The van der Waals surface area contributed by atoms with E-state index in [2.05, 4.69) is 0 Å². The van der Waals surface area contributed by atoms with Gasteiger partial charge in [0, 0.05) is 11.2 Å². The van der Waals surface area contributed by atoms with E-state index in [4.69, 9.17) is 4.74 Å². The Labute approximate surface area is 85.9 Å². The molecule has 0 spiro atoms. The van der Waals surface area contributed by atoms with Crippen LogP contribution in [-0.4, -0.2) is 17.2 Å². The lowest BCUT2D eigenvalue weighted by Gasteiger charge is -2.55. The van der Waals surface area contributed by atoms with E-state index in [9.17, 15) is 9.59 Å². The molecule has 0 amide bonds. The molecule has 2 heterocycles. The minimum Gasteiger partial charge on any atom is -0.392 e. The number of esters is 2. The molecule has 2 aliphatic heterocycles. The SMILES string of the molecule is C[C@]12C(=O)OC(=O)[C@]1(C)[C@H]1SC=C[C@H]12. The van der Waals surface area contributed by atoms with Crippen LogP contribution in [0.4, 0.5) is 0 Å². The van der Waals surface area contributed by atoms with Crippen molar-refractivity contribution in [1.29, 1.82) is 0 Å². The third-order valence-electron chi connectivity index (χ3n) is 4.19. The molecular formula is C10H10O3S. The summed E-state index contributed by atoms with van der Waals surface area (Å²) in [6, 6.07) is 0. The maximum Gasteiger partial charge on any atom is 0.321 e. The summed E-state index contributed by atoms with van der Waals surface area (Å²) in [6.45, 7) is 3.69. The van der Waals surface area contributed by atoms with Crippen LogP contribution in [0.15, 0.2) is 11.5 Å². The van der Waals surface area contributed by atoms with E-state index in [1.165, 1.54) is 0 Å². The average molecular weight is 210 g/mol. The molecule has 0 N–H and O–H groups in total. The first-order valence-corrected chi connectivity index (χ1v) is 5.56. The first-order chi connectivity index (χ1) is 6.53. The number of hydrogen-bond acceptors (Lipinski definition) is 4. The van der Waals surface area contributed by atoms with E-state index in [0.29, 0.717) is 0 Å². The Morgan fingerprint density at radius 2 is 1.93 bits per heavy atom. The van der Waals surface area contributed by atoms with E-state index in [1.807, 2.05) is 25.3 Å². The summed E-state index contributed by atoms with van der Waals surface area (Å²) in [5, 5.41) is 2.19. The van der Waals surface area contributed by atoms with Gasteiger partial charge in [0.25, 0.3) is 0 Å². The van der Waals surface area contributed by atoms with Crippen LogP contribution in [0.25, 0.3) is 0 Å². The summed E-state index contributed by atoms with van der Waals surface area (Å²) >= 11 is 1.64. The number of ether oxygens (including phenoxy) is 1. The molecular weight excluding hydrogens is 200 g/mol. The first-order valence-electron chi connectivity index (χ1n) is 4.62. The minimum atomic E-state index is -0.616. The van der Waals surface area contributed by atoms with Gasteiger partial charge in [0.05, 0.1) is 10.8 Å². The Morgan fingerprint density at radius 3 is 2.64 bits per heavy atom. The van der Waals surface area contributed by atoms with E-state index in [1.54, 1.807) is 11.8 Å². The lowest BCUT2D eigenvalue weighted by atomic mass is 9.46. The second-order valence-electron chi connectivity index (χ2n) is 4.49. The summed E-state index contributed by atoms with van der Waals surface area (Å²) in [6.07, 6.45) is 2.02. The van der Waals surface area contributed by atoms with Crippen molar-refractivity contribution in [2.24, 2.45) is 16.7 Å². The van der Waals surface area contributed by atoms with Gasteiger partial charge in [0.2, 0.25) is 0 Å². The largest absolute Gasteiger partial charge is 0.392 e. The maximum atomic E-state index is 11.6. The number of hydrogen-bond donors (Lipinski definition) is 0. The van der Waals surface area contributed by atoms with E-state index in [-0.39, 0.29) is 23.1 Å². The molecule has 0 aromatic heterocycles. The molecule has 0 unspecified atom stereocenters. The van der Waals surface area contributed by atoms with Gasteiger partial charge < -0.3 is 4.74 Å². The Hall–Kier alpha value is -0.770. The van der Waals surface area contributed by atoms with Gasteiger partial charge in [-0.3, -0.25) is 9.59 Å². The summed E-state index contributed by atoms with van der Waals surface area (Å²) in [7, 11) is 0. The van der Waals surface area contributed by atoms with E-state index >= 15 is 0 Å². The van der Waals surface area contributed by atoms with Crippen LogP contribution in [0.3, 0.4) is 0 Å². The van der Waals surface area contributed by atoms with Gasteiger partial charge in [0.1, 0.15) is 0 Å². The van der Waals surface area contributed by atoms with Gasteiger partial charge in [-0.25, -0.2) is 0 Å². The highest BCUT2D eigenvalue weighted by molar-refractivity contribution is 8.03. The lowest BCUT2D eigenvalue weighted by Crippen LogP contribution is -2.64. The fourth-order valence-electron chi connectivity index (χ4n) is 2.91. The summed E-state index contributed by atoms with van der Waals surface area (Å²) in [4.78, 5) is 23.3. The average Bonchev–Trinajstić information content (AvgIpc) is 2.65. The Balaban J connectivity index is 2.16. The van der Waals surface area contributed by atoms with Crippen LogP contribution >= 0.6 is 11.8 Å². The second kappa shape index (κ2) is 2.08. The second-order valence-corrected chi connectivity index (χ2v) is 5.54. The number of rotatable bonds is 0. The zero-order chi connectivity index (χ0) is 10.1. The Kier molecular flexibility index (Phi) is 1.27. The number of allylic oxidation sites excluding steroid dienone is 1. The van der Waals surface area contributed by atoms with Crippen molar-refractivity contribution in [3.63, 3.8) is 0 Å². The predicted octanol–water partition coefficient (Wildman–Crippen LogP) is 1.34. The molecule has 2 fully saturated rings. The van der Waals surface area contributed by atoms with Gasteiger partial charge in [-0.1, -0.05) is 6.08 Å². The van der Waals surface area contributed by atoms with Crippen LogP contribution < -0.4 is 0 Å². The number of fused-ring (bicyclic) bond motifs is 4. The summed E-state index contributed by atoms with van der Waals surface area (Å²) in [5.41, 5.74) is -1.22. The number of carbonyl (C=O) groups excluding carboxylic acids is 2. The van der Waals surface area contributed by atoms with Crippen molar-refractivity contribution in [3.05, 3.63) is 11.5 Å². The molecule has 3 aliphatic rings. The molecule has 1 saturated heterocycles. The predicted molar refractivity (Wildman–Crippen MR) is 51.3 cm³/mol. The van der Waals surface area contributed by atoms with Crippen molar-refractivity contribution in [2.75, 3.05) is 0 Å². The molecule has 0 radical (unpaired) electrons. The fourth-order valence-corrected chi connectivity index (χ4v) is 4.48. The molecule has 0 aromatic rings. The molecule has 14 heavy (non-hydrogen) atoms. The van der Waals surface area contributed by atoms with Gasteiger partial charge in [-0.2, -0.15) is 0 Å². The van der Waals surface area contributed by atoms with Gasteiger partial charge in [0.15, 0.2) is 0 Å². The van der Waals surface area contributed by atoms with E-state index < -0.39 is 10.8 Å². The molecule has 3 nitrogen and oxygen atoms in total. The van der Waals surface area contributed by atoms with Crippen molar-refractivity contribution in [2.45, 2.75) is 19.1 Å². The van der Waals surface area contributed by atoms with Gasteiger partial charge >= 0.3 is 11.9 Å². The van der Waals surface area contributed by atoms with Crippen molar-refractivity contribution >= 4 is 23.7 Å². The highest BCUT2D eigenvalue weighted by atomic mass is 32.2. The fraction of sp³-hybridized carbons (Fsp3) is 0.600. The lowest BCUT2D eigenvalue weighted by molar-refractivity contribution is -0.155. The van der Waals surface area contributed by atoms with Gasteiger partial charge in [-0.05, 0) is 19.3 Å². The van der Waals surface area contributed by atoms with E-state index in [0.717, 1.165) is 0 Å². The molecule has 0 aromatic carbocycles. The smallest absolute Gasteiger partial charge is 0.321 e. The maximum absolute atomic E-state index is 11.6. The number of carbonyl (C=O) groups is 2. The van der Waals surface area contributed by atoms with Crippen molar-refractivity contribution < 1.29 is 14.3 Å². The Morgan fingerprint density at radius 1 is 1.29 bits per heavy atom. The summed E-state index contributed by atoms with van der Waals surface area (Å²) < 4.78 is 4.77. The molecule has 4 atom stereocenters. The van der Waals surface area contributed by atoms with Crippen LogP contribution in [0, 0.1) is 16.7 Å². The topological polar surface area (TPSA) is 43.4 Å². The Bertz CT molecular complexity index is 389. The normalized spacial score (nSPS) is 53.9. The van der Waals surface area contributed by atoms with Gasteiger partial charge in [-0.15, -0.1) is 11.8 Å². The van der Waals surface area contributed by atoms with Crippen molar-refractivity contribution in [3.8, 4) is 0 Å². The van der Waals surface area contributed by atoms with Crippen LogP contribution in [0.2, 0.25) is 0 Å². The molecule has 3 rings (SSSR count). The third kappa shape index (κ3) is 0.550. The molecule has 1 saturated carbocycles. The zero-order valence-corrected chi connectivity index (χ0v) is 8.76. The molecule has 1 aliphatic carbocycles. The number of cyclic esters (lactones) is 2. The summed E-state index contributed by atoms with van der Waals surface area (Å²) in [5.74, 6) is -0.516. The standard InChI is InChI=1S/C10H10O3S/c1-9-5-3-4-14-6(5)10(9,2)8(12)13-7(9)11/h3-6H,1-2H3/t5-,6+,9+,10+/m1/s1. The quantitative estimate of drug-likeness (QED) is 0.447. The highest BCUT2D eigenvalue weighted by Crippen LogP contribution is 2.71. The monoisotopic (exact) mass is 210 g/mol. The van der Waals surface area contributed by atoms with Crippen LogP contribution in [0.1, 0.15) is 13.8 Å². The van der Waals surface area contributed by atoms with Crippen molar-refractivity contribution in [1.82, 2.24) is 0 Å². The molecule has 0 bridgehead atoms. The minimum absolute atomic E-state index is 0.177. The molecule has 74 valence electrons. The highest BCUT2D eigenvalue weighted by Gasteiger charge is 2.79. The van der Waals surface area contributed by atoms with Crippen LogP contribution in [-0.2, 0) is 14.3 Å². The first kappa shape index (κ1) is 8.53.